The van der Waals surface area contributed by atoms with E-state index >= 15 is 0 Å². The molecule has 0 aromatic heterocycles. The number of hydrogen-bond donors (Lipinski definition) is 1. The number of nitrogens with one attached hydrogen (secondary N) is 1. The highest BCUT2D eigenvalue weighted by Gasteiger charge is 2.33. The summed E-state index contributed by atoms with van der Waals surface area (Å²) in [4.78, 5) is 26.3. The molecule has 142 valence electrons. The number of benzene rings is 2. The number of likely N-dealkylation sites (tertiary alicyclic amines) is 1. The van der Waals surface area contributed by atoms with Crippen LogP contribution < -0.4 is 10.1 Å². The summed E-state index contributed by atoms with van der Waals surface area (Å²) in [7, 11) is 0. The molecule has 1 aliphatic heterocycles. The van der Waals surface area contributed by atoms with Crippen molar-refractivity contribution in [3.8, 4) is 5.75 Å². The van der Waals surface area contributed by atoms with E-state index in [-0.39, 0.29) is 24.2 Å². The molecule has 5 nitrogen and oxygen atoms in total. The second-order valence-electron chi connectivity index (χ2n) is 6.76. The molecular weight excluding hydrogens is 408 g/mol. The van der Waals surface area contributed by atoms with E-state index in [1.165, 1.54) is 5.56 Å². The highest BCUT2D eigenvalue weighted by molar-refractivity contribution is 9.10. The lowest BCUT2D eigenvalue weighted by Crippen LogP contribution is -2.35. The first-order valence-corrected chi connectivity index (χ1v) is 9.80. The summed E-state index contributed by atoms with van der Waals surface area (Å²) in [6, 6.07) is 15.7. The first-order chi connectivity index (χ1) is 13.0. The molecule has 1 aliphatic rings. The summed E-state index contributed by atoms with van der Waals surface area (Å²) in [6.45, 7) is 3.84. The quantitative estimate of drug-likeness (QED) is 0.685. The monoisotopic (exact) mass is 430 g/mol. The van der Waals surface area contributed by atoms with E-state index in [0.29, 0.717) is 26.2 Å². The van der Waals surface area contributed by atoms with E-state index in [0.717, 1.165) is 15.8 Å². The number of hydrogen-bond acceptors (Lipinski definition) is 3. The Hall–Kier alpha value is -2.34. The normalized spacial score (nSPS) is 16.4. The van der Waals surface area contributed by atoms with Crippen LogP contribution in [0.25, 0.3) is 0 Å². The van der Waals surface area contributed by atoms with Crippen LogP contribution >= 0.6 is 15.9 Å². The molecule has 2 aromatic rings. The minimum atomic E-state index is -0.297. The fourth-order valence-electron chi connectivity index (χ4n) is 3.06. The Morgan fingerprint density at radius 1 is 1.26 bits per heavy atom. The van der Waals surface area contributed by atoms with Crippen LogP contribution in [-0.4, -0.2) is 36.4 Å². The molecule has 1 saturated heterocycles. The number of nitrogens with zero attached hydrogens (tertiary/aromatic N) is 1. The van der Waals surface area contributed by atoms with Gasteiger partial charge in [-0.05, 0) is 30.7 Å². The number of carbonyl (C=O) groups excluding carboxylic acids is 2. The van der Waals surface area contributed by atoms with Crippen molar-refractivity contribution in [2.45, 2.75) is 19.9 Å². The van der Waals surface area contributed by atoms with Crippen LogP contribution in [0.3, 0.4) is 0 Å². The van der Waals surface area contributed by atoms with Gasteiger partial charge in [0, 0.05) is 24.0 Å². The van der Waals surface area contributed by atoms with Crippen LogP contribution in [0.2, 0.25) is 0 Å². The maximum atomic E-state index is 12.3. The van der Waals surface area contributed by atoms with Gasteiger partial charge in [0.05, 0.1) is 12.5 Å². The Bertz CT molecular complexity index is 807. The molecular formula is C21H23BrN2O3. The molecule has 0 saturated carbocycles. The molecule has 0 spiro atoms. The zero-order chi connectivity index (χ0) is 19.2. The molecule has 0 radical (unpaired) electrons. The summed E-state index contributed by atoms with van der Waals surface area (Å²) in [6.07, 6.45) is 0.268. The Labute approximate surface area is 167 Å². The van der Waals surface area contributed by atoms with Gasteiger partial charge in [0.1, 0.15) is 12.4 Å². The lowest BCUT2D eigenvalue weighted by molar-refractivity contribution is -0.129. The first kappa shape index (κ1) is 19.4. The molecule has 2 amide bonds. The van der Waals surface area contributed by atoms with Crippen molar-refractivity contribution in [1.82, 2.24) is 10.2 Å². The number of carbonyl (C=O) groups is 2. The number of rotatable bonds is 7. The number of halogens is 1. The van der Waals surface area contributed by atoms with E-state index in [9.17, 15) is 9.59 Å². The summed E-state index contributed by atoms with van der Waals surface area (Å²) in [5.74, 6) is 0.390. The largest absolute Gasteiger partial charge is 0.492 e. The van der Waals surface area contributed by atoms with E-state index < -0.39 is 0 Å². The minimum absolute atomic E-state index is 0.0288. The molecule has 1 fully saturated rings. The SMILES string of the molecule is Cc1ccc(CN2CC(C(=O)NCCOc3cccc(Br)c3)CC2=O)cc1. The maximum absolute atomic E-state index is 12.3. The third-order valence-electron chi connectivity index (χ3n) is 4.55. The van der Waals surface area contributed by atoms with E-state index in [2.05, 4.69) is 21.2 Å². The smallest absolute Gasteiger partial charge is 0.225 e. The van der Waals surface area contributed by atoms with E-state index in [1.54, 1.807) is 4.90 Å². The highest BCUT2D eigenvalue weighted by atomic mass is 79.9. The second kappa shape index (κ2) is 9.04. The molecule has 6 heteroatoms. The third-order valence-corrected chi connectivity index (χ3v) is 5.04. The average molecular weight is 431 g/mol. The second-order valence-corrected chi connectivity index (χ2v) is 7.67. The zero-order valence-corrected chi connectivity index (χ0v) is 16.9. The van der Waals surface area contributed by atoms with Gasteiger partial charge in [-0.15, -0.1) is 0 Å². The van der Waals surface area contributed by atoms with Crippen molar-refractivity contribution in [3.05, 3.63) is 64.1 Å². The van der Waals surface area contributed by atoms with Crippen molar-refractivity contribution in [1.29, 1.82) is 0 Å². The lowest BCUT2D eigenvalue weighted by atomic mass is 10.1. The average Bonchev–Trinajstić information content (AvgIpc) is 3.01. The van der Waals surface area contributed by atoms with Crippen molar-refractivity contribution in [2.24, 2.45) is 5.92 Å². The van der Waals surface area contributed by atoms with Gasteiger partial charge in [-0.2, -0.15) is 0 Å². The van der Waals surface area contributed by atoms with Gasteiger partial charge >= 0.3 is 0 Å². The molecule has 27 heavy (non-hydrogen) atoms. The van der Waals surface area contributed by atoms with E-state index in [4.69, 9.17) is 4.74 Å². The molecule has 1 unspecified atom stereocenters. The molecule has 1 heterocycles. The van der Waals surface area contributed by atoms with Gasteiger partial charge in [0.15, 0.2) is 0 Å². The summed E-state index contributed by atoms with van der Waals surface area (Å²) >= 11 is 3.39. The summed E-state index contributed by atoms with van der Waals surface area (Å²) < 4.78 is 6.56. The van der Waals surface area contributed by atoms with Crippen LogP contribution in [-0.2, 0) is 16.1 Å². The lowest BCUT2D eigenvalue weighted by Gasteiger charge is -2.17. The third kappa shape index (κ3) is 5.57. The summed E-state index contributed by atoms with van der Waals surface area (Å²) in [5.41, 5.74) is 2.27. The maximum Gasteiger partial charge on any atom is 0.225 e. The van der Waals surface area contributed by atoms with Gasteiger partial charge in [-0.3, -0.25) is 9.59 Å². The van der Waals surface area contributed by atoms with Crippen molar-refractivity contribution < 1.29 is 14.3 Å². The number of aryl methyl sites for hydroxylation is 1. The predicted octanol–water partition coefficient (Wildman–Crippen LogP) is 3.30. The van der Waals surface area contributed by atoms with Gasteiger partial charge in [-0.25, -0.2) is 0 Å². The fourth-order valence-corrected chi connectivity index (χ4v) is 3.44. The van der Waals surface area contributed by atoms with Crippen molar-refractivity contribution >= 4 is 27.7 Å². The van der Waals surface area contributed by atoms with Crippen LogP contribution in [0.1, 0.15) is 17.5 Å². The van der Waals surface area contributed by atoms with Gasteiger partial charge in [0.2, 0.25) is 11.8 Å². The van der Waals surface area contributed by atoms with Crippen molar-refractivity contribution in [2.75, 3.05) is 19.7 Å². The highest BCUT2D eigenvalue weighted by Crippen LogP contribution is 2.21. The van der Waals surface area contributed by atoms with Gasteiger partial charge in [-0.1, -0.05) is 51.8 Å². The Kier molecular flexibility index (Phi) is 6.50. The Morgan fingerprint density at radius 3 is 2.78 bits per heavy atom. The number of amides is 2. The molecule has 0 aliphatic carbocycles. The molecule has 3 rings (SSSR count). The zero-order valence-electron chi connectivity index (χ0n) is 15.3. The standard InChI is InChI=1S/C21H23BrN2O3/c1-15-5-7-16(8-6-15)13-24-14-17(11-20(24)25)21(26)23-9-10-27-19-4-2-3-18(22)12-19/h2-8,12,17H,9-11,13-14H2,1H3,(H,23,26). The van der Waals surface area contributed by atoms with Gasteiger partial charge in [0.25, 0.3) is 0 Å². The van der Waals surface area contributed by atoms with E-state index in [1.807, 2.05) is 55.5 Å². The predicted molar refractivity (Wildman–Crippen MR) is 107 cm³/mol. The molecule has 1 atom stereocenters. The van der Waals surface area contributed by atoms with Crippen LogP contribution in [0, 0.1) is 12.8 Å². The van der Waals surface area contributed by atoms with Gasteiger partial charge < -0.3 is 15.0 Å². The Balaban J connectivity index is 1.42. The summed E-state index contributed by atoms with van der Waals surface area (Å²) in [5, 5.41) is 2.87. The first-order valence-electron chi connectivity index (χ1n) is 9.00. The minimum Gasteiger partial charge on any atom is -0.492 e. The van der Waals surface area contributed by atoms with Crippen molar-refractivity contribution in [3.63, 3.8) is 0 Å². The van der Waals surface area contributed by atoms with Crippen LogP contribution in [0.4, 0.5) is 0 Å². The molecule has 0 bridgehead atoms. The molecule has 2 aromatic carbocycles. The fraction of sp³-hybridized carbons (Fsp3) is 0.333. The van der Waals surface area contributed by atoms with Crippen LogP contribution in [0.5, 0.6) is 5.75 Å². The topological polar surface area (TPSA) is 58.6 Å². The number of ether oxygens (including phenoxy) is 1. The van der Waals surface area contributed by atoms with Crippen LogP contribution in [0.15, 0.2) is 53.0 Å². The Morgan fingerprint density at radius 2 is 2.04 bits per heavy atom. The molecule has 1 N–H and O–H groups in total.